The number of hydrogen-bond donors (Lipinski definition) is 2. The van der Waals surface area contributed by atoms with Gasteiger partial charge in [-0.1, -0.05) is 60.7 Å². The molecule has 1 aliphatic heterocycles. The van der Waals surface area contributed by atoms with Crippen LogP contribution in [0, 0.1) is 0 Å². The fourth-order valence-corrected chi connectivity index (χ4v) is 4.22. The van der Waals surface area contributed by atoms with Crippen molar-refractivity contribution < 1.29 is 0 Å². The molecule has 3 aromatic rings. The van der Waals surface area contributed by atoms with E-state index in [-0.39, 0.29) is 0 Å². The molecule has 3 heteroatoms. The van der Waals surface area contributed by atoms with Crippen molar-refractivity contribution in [2.75, 3.05) is 6.54 Å². The zero-order valence-corrected chi connectivity index (χ0v) is 13.9. The molecule has 0 spiro atoms. The molecule has 0 aromatic heterocycles. The van der Waals surface area contributed by atoms with Gasteiger partial charge in [-0.15, -0.1) is 0 Å². The first-order valence-corrected chi connectivity index (χ1v) is 8.87. The van der Waals surface area contributed by atoms with Gasteiger partial charge in [0.1, 0.15) is 0 Å². The van der Waals surface area contributed by atoms with Gasteiger partial charge in [-0.05, 0) is 46.8 Å². The van der Waals surface area contributed by atoms with Crippen LogP contribution in [0.25, 0.3) is 10.8 Å². The second-order valence-electron chi connectivity index (χ2n) is 6.00. The van der Waals surface area contributed by atoms with Crippen molar-refractivity contribution in [2.24, 2.45) is 0 Å². The Labute approximate surface area is 141 Å². The Morgan fingerprint density at radius 1 is 1.00 bits per heavy atom. The van der Waals surface area contributed by atoms with Crippen LogP contribution < -0.4 is 10.0 Å². The van der Waals surface area contributed by atoms with Gasteiger partial charge in [0.15, 0.2) is 0 Å². The summed E-state index contributed by atoms with van der Waals surface area (Å²) in [7, 11) is 0. The Morgan fingerprint density at radius 3 is 2.74 bits per heavy atom. The van der Waals surface area contributed by atoms with Gasteiger partial charge in [0.2, 0.25) is 0 Å². The lowest BCUT2D eigenvalue weighted by Crippen LogP contribution is -2.34. The summed E-state index contributed by atoms with van der Waals surface area (Å²) in [6.45, 7) is 3.20. The molecule has 23 heavy (non-hydrogen) atoms. The minimum Gasteiger partial charge on any atom is -0.302 e. The monoisotopic (exact) mass is 320 g/mol. The molecule has 0 saturated heterocycles. The number of fused-ring (bicyclic) bond motifs is 2. The quantitative estimate of drug-likeness (QED) is 0.675. The standard InChI is InChI=1S/C20H20N2S/c1-14(16-11-6-8-15-7-2-3-9-17(15)16)22-19-13-21-23-20-12-5-4-10-18(19)20/h2-12,14,19,21-22H,13H2,1H3/t14-,19?/m1/s1. The van der Waals surface area contributed by atoms with E-state index in [1.807, 2.05) is 0 Å². The lowest BCUT2D eigenvalue weighted by atomic mass is 9.98. The van der Waals surface area contributed by atoms with Crippen molar-refractivity contribution in [1.82, 2.24) is 10.0 Å². The summed E-state index contributed by atoms with van der Waals surface area (Å²) >= 11 is 1.73. The lowest BCUT2D eigenvalue weighted by Gasteiger charge is -2.29. The molecule has 116 valence electrons. The molecule has 2 nitrogen and oxygen atoms in total. The van der Waals surface area contributed by atoms with Crippen LogP contribution in [0.1, 0.15) is 30.1 Å². The van der Waals surface area contributed by atoms with Crippen LogP contribution in [0.3, 0.4) is 0 Å². The summed E-state index contributed by atoms with van der Waals surface area (Å²) < 4.78 is 3.44. The van der Waals surface area contributed by atoms with Crippen LogP contribution in [0.4, 0.5) is 0 Å². The van der Waals surface area contributed by atoms with E-state index < -0.39 is 0 Å². The van der Waals surface area contributed by atoms with Crippen LogP contribution in [-0.4, -0.2) is 6.54 Å². The molecule has 1 aliphatic rings. The number of rotatable bonds is 3. The summed E-state index contributed by atoms with van der Waals surface area (Å²) in [4.78, 5) is 1.32. The molecular formula is C20H20N2S. The van der Waals surface area contributed by atoms with Crippen molar-refractivity contribution in [3.63, 3.8) is 0 Å². The van der Waals surface area contributed by atoms with Crippen LogP contribution in [-0.2, 0) is 0 Å². The Bertz CT molecular complexity index is 825. The molecule has 4 rings (SSSR count). The van der Waals surface area contributed by atoms with Crippen molar-refractivity contribution in [3.8, 4) is 0 Å². The summed E-state index contributed by atoms with van der Waals surface area (Å²) in [5, 5.41) is 6.44. The van der Waals surface area contributed by atoms with Crippen molar-refractivity contribution in [3.05, 3.63) is 77.9 Å². The Morgan fingerprint density at radius 2 is 1.78 bits per heavy atom. The summed E-state index contributed by atoms with van der Waals surface area (Å²) in [6.07, 6.45) is 0. The zero-order chi connectivity index (χ0) is 15.6. The minimum absolute atomic E-state index is 0.295. The highest BCUT2D eigenvalue weighted by atomic mass is 32.2. The normalized spacial score (nSPS) is 18.6. The van der Waals surface area contributed by atoms with Crippen molar-refractivity contribution >= 4 is 22.7 Å². The Balaban J connectivity index is 1.64. The highest BCUT2D eigenvalue weighted by molar-refractivity contribution is 7.97. The third-order valence-electron chi connectivity index (χ3n) is 4.51. The van der Waals surface area contributed by atoms with Gasteiger partial charge in [0.05, 0.1) is 0 Å². The highest BCUT2D eigenvalue weighted by Gasteiger charge is 2.22. The second kappa shape index (κ2) is 6.36. The van der Waals surface area contributed by atoms with Crippen LogP contribution >= 0.6 is 11.9 Å². The number of hydrogen-bond acceptors (Lipinski definition) is 3. The molecule has 0 aliphatic carbocycles. The first kappa shape index (κ1) is 14.8. The third kappa shape index (κ3) is 2.88. The van der Waals surface area contributed by atoms with Crippen LogP contribution in [0.5, 0.6) is 0 Å². The first-order chi connectivity index (χ1) is 11.3. The van der Waals surface area contributed by atoms with Gasteiger partial charge >= 0.3 is 0 Å². The molecule has 2 N–H and O–H groups in total. The van der Waals surface area contributed by atoms with Gasteiger partial charge in [-0.25, -0.2) is 0 Å². The molecule has 2 atom stereocenters. The van der Waals surface area contributed by atoms with E-state index in [1.165, 1.54) is 26.8 Å². The molecule has 0 saturated carbocycles. The smallest absolute Gasteiger partial charge is 0.0472 e. The Kier molecular flexibility index (Phi) is 4.08. The van der Waals surface area contributed by atoms with Gasteiger partial charge in [0, 0.05) is 23.5 Å². The first-order valence-electron chi connectivity index (χ1n) is 8.05. The maximum atomic E-state index is 3.81. The summed E-state index contributed by atoms with van der Waals surface area (Å²) in [5.41, 5.74) is 2.75. The maximum absolute atomic E-state index is 3.81. The topological polar surface area (TPSA) is 24.1 Å². The van der Waals surface area contributed by atoms with Crippen LogP contribution in [0.2, 0.25) is 0 Å². The average molecular weight is 320 g/mol. The van der Waals surface area contributed by atoms with E-state index >= 15 is 0 Å². The minimum atomic E-state index is 0.295. The van der Waals surface area contributed by atoms with Gasteiger partial charge in [0.25, 0.3) is 0 Å². The fourth-order valence-electron chi connectivity index (χ4n) is 3.34. The highest BCUT2D eigenvalue weighted by Crippen LogP contribution is 2.32. The molecule has 0 fully saturated rings. The SMILES string of the molecule is C[C@@H](NC1CNSc2ccccc21)c1cccc2ccccc12. The molecule has 0 bridgehead atoms. The number of nitrogens with one attached hydrogen (secondary N) is 2. The molecule has 1 unspecified atom stereocenters. The molecule has 3 aromatic carbocycles. The fraction of sp³-hybridized carbons (Fsp3) is 0.200. The van der Waals surface area contributed by atoms with Crippen molar-refractivity contribution in [1.29, 1.82) is 0 Å². The zero-order valence-electron chi connectivity index (χ0n) is 13.1. The Hall–Kier alpha value is -1.81. The number of benzene rings is 3. The third-order valence-corrected chi connectivity index (χ3v) is 5.41. The van der Waals surface area contributed by atoms with E-state index in [0.29, 0.717) is 12.1 Å². The maximum Gasteiger partial charge on any atom is 0.0472 e. The molecular weight excluding hydrogens is 300 g/mol. The molecule has 1 heterocycles. The van der Waals surface area contributed by atoms with Gasteiger partial charge in [-0.3, -0.25) is 4.72 Å². The van der Waals surface area contributed by atoms with Crippen molar-refractivity contribution in [2.45, 2.75) is 23.9 Å². The lowest BCUT2D eigenvalue weighted by molar-refractivity contribution is 0.458. The molecule has 0 radical (unpaired) electrons. The van der Waals surface area contributed by atoms with E-state index in [9.17, 15) is 0 Å². The average Bonchev–Trinajstić information content (AvgIpc) is 2.61. The van der Waals surface area contributed by atoms with Gasteiger partial charge < -0.3 is 5.32 Å². The molecule has 0 amide bonds. The van der Waals surface area contributed by atoms with Crippen LogP contribution in [0.15, 0.2) is 71.6 Å². The summed E-state index contributed by atoms with van der Waals surface area (Å²) in [6, 6.07) is 24.5. The van der Waals surface area contributed by atoms with Gasteiger partial charge in [-0.2, -0.15) is 0 Å². The van der Waals surface area contributed by atoms with E-state index in [4.69, 9.17) is 0 Å². The predicted molar refractivity (Wildman–Crippen MR) is 98.5 cm³/mol. The largest absolute Gasteiger partial charge is 0.302 e. The predicted octanol–water partition coefficient (Wildman–Crippen LogP) is 4.84. The van der Waals surface area contributed by atoms with E-state index in [1.54, 1.807) is 11.9 Å². The summed E-state index contributed by atoms with van der Waals surface area (Å²) in [5.74, 6) is 0. The van der Waals surface area contributed by atoms with E-state index in [2.05, 4.69) is 83.7 Å². The van der Waals surface area contributed by atoms with E-state index in [0.717, 1.165) is 6.54 Å². The second-order valence-corrected chi connectivity index (χ2v) is 6.93.